The molecule has 0 aromatic heterocycles. The van der Waals surface area contributed by atoms with Gasteiger partial charge in [0.15, 0.2) is 0 Å². The van der Waals surface area contributed by atoms with Crippen molar-refractivity contribution in [3.8, 4) is 0 Å². The van der Waals surface area contributed by atoms with E-state index in [0.717, 1.165) is 17.9 Å². The lowest BCUT2D eigenvalue weighted by Crippen LogP contribution is -2.55. The molecule has 0 aromatic carbocycles. The van der Waals surface area contributed by atoms with Gasteiger partial charge in [0, 0.05) is 19.5 Å². The molecular formula is C11H22N2. The highest BCUT2D eigenvalue weighted by molar-refractivity contribution is 5.83. The predicted octanol–water partition coefficient (Wildman–Crippen LogP) is 2.45. The first-order valence-corrected chi connectivity index (χ1v) is 5.53. The Bertz CT molecular complexity index is 187. The fourth-order valence-corrected chi connectivity index (χ4v) is 2.37. The van der Waals surface area contributed by atoms with Crippen LogP contribution in [0.5, 0.6) is 0 Å². The average Bonchev–Trinajstić information content (AvgIpc) is 2.19. The summed E-state index contributed by atoms with van der Waals surface area (Å²) in [5.41, 5.74) is 0. The molecule has 76 valence electrons. The zero-order valence-corrected chi connectivity index (χ0v) is 9.30. The van der Waals surface area contributed by atoms with Gasteiger partial charge in [0.2, 0.25) is 0 Å². The first kappa shape index (κ1) is 10.6. The van der Waals surface area contributed by atoms with Crippen molar-refractivity contribution in [2.24, 2.45) is 16.8 Å². The van der Waals surface area contributed by atoms with Crippen LogP contribution in [0.25, 0.3) is 0 Å². The highest BCUT2D eigenvalue weighted by Gasteiger charge is 2.40. The van der Waals surface area contributed by atoms with Gasteiger partial charge in [0.05, 0.1) is 5.84 Å². The molecule has 0 amide bonds. The Labute approximate surface area is 81.8 Å². The van der Waals surface area contributed by atoms with Gasteiger partial charge in [-0.3, -0.25) is 4.99 Å². The fraction of sp³-hybridized carbons (Fsp3) is 0.909. The van der Waals surface area contributed by atoms with Crippen molar-refractivity contribution in [2.75, 3.05) is 7.05 Å². The molecule has 2 heteroatoms. The van der Waals surface area contributed by atoms with Crippen molar-refractivity contribution in [3.05, 3.63) is 0 Å². The minimum absolute atomic E-state index is 0.762. The molecule has 0 spiro atoms. The Balaban J connectivity index is 0.000000396. The van der Waals surface area contributed by atoms with Crippen molar-refractivity contribution >= 4 is 5.84 Å². The normalized spacial score (nSPS) is 39.4. The maximum atomic E-state index is 4.20. The van der Waals surface area contributed by atoms with E-state index in [1.54, 1.807) is 0 Å². The number of piperidine rings is 1. The van der Waals surface area contributed by atoms with Gasteiger partial charge < -0.3 is 5.32 Å². The Hall–Kier alpha value is -0.530. The Kier molecular flexibility index (Phi) is 3.76. The van der Waals surface area contributed by atoms with Gasteiger partial charge in [-0.2, -0.15) is 0 Å². The lowest BCUT2D eigenvalue weighted by atomic mass is 9.66. The van der Waals surface area contributed by atoms with Crippen molar-refractivity contribution < 1.29 is 0 Å². The number of fused-ring (bicyclic) bond motifs is 1. The number of nitrogens with one attached hydrogen (secondary N) is 1. The van der Waals surface area contributed by atoms with Crippen LogP contribution >= 0.6 is 0 Å². The molecule has 2 nitrogen and oxygen atoms in total. The summed E-state index contributed by atoms with van der Waals surface area (Å²) in [4.78, 5) is 4.20. The second-order valence-corrected chi connectivity index (χ2v) is 3.84. The summed E-state index contributed by atoms with van der Waals surface area (Å²) in [6.07, 6.45) is 3.87. The van der Waals surface area contributed by atoms with E-state index < -0.39 is 0 Å². The van der Waals surface area contributed by atoms with Crippen molar-refractivity contribution in [1.82, 2.24) is 5.32 Å². The summed E-state index contributed by atoms with van der Waals surface area (Å²) in [5.74, 6) is 3.12. The number of aliphatic imine (C=N–C) groups is 1. The molecule has 1 aliphatic heterocycles. The highest BCUT2D eigenvalue weighted by Crippen LogP contribution is 2.39. The first-order valence-electron chi connectivity index (χ1n) is 5.53. The van der Waals surface area contributed by atoms with Crippen LogP contribution < -0.4 is 5.32 Å². The van der Waals surface area contributed by atoms with E-state index in [2.05, 4.69) is 17.2 Å². The second-order valence-electron chi connectivity index (χ2n) is 3.84. The summed E-state index contributed by atoms with van der Waals surface area (Å²) >= 11 is 0. The van der Waals surface area contributed by atoms with E-state index >= 15 is 0 Å². The molecule has 3 unspecified atom stereocenters. The van der Waals surface area contributed by atoms with E-state index in [0.29, 0.717) is 0 Å². The number of rotatable bonds is 0. The average molecular weight is 182 g/mol. The maximum absolute atomic E-state index is 4.20. The molecule has 2 rings (SSSR count). The van der Waals surface area contributed by atoms with Crippen LogP contribution in [0.15, 0.2) is 4.99 Å². The summed E-state index contributed by atoms with van der Waals surface area (Å²) in [6, 6.07) is 0.762. The predicted molar refractivity (Wildman–Crippen MR) is 58.1 cm³/mol. The summed E-state index contributed by atoms with van der Waals surface area (Å²) in [6.45, 7) is 6.36. The minimum Gasteiger partial charge on any atom is -0.371 e. The molecule has 1 saturated carbocycles. The SMILES string of the molecule is CC.CN=C1CCC2C(C)CC2N1. The van der Waals surface area contributed by atoms with Gasteiger partial charge >= 0.3 is 0 Å². The summed E-state index contributed by atoms with van der Waals surface area (Å²) < 4.78 is 0. The van der Waals surface area contributed by atoms with Crippen LogP contribution in [0.4, 0.5) is 0 Å². The quantitative estimate of drug-likeness (QED) is 0.611. The van der Waals surface area contributed by atoms with E-state index in [1.165, 1.54) is 25.1 Å². The molecule has 1 N–H and O–H groups in total. The standard InChI is InChI=1S/C9H16N2.C2H6/c1-6-5-8-7(6)3-4-9(10-2)11-8;1-2/h6-8H,3-5H2,1-2H3,(H,10,11);1-2H3. The van der Waals surface area contributed by atoms with E-state index in [4.69, 9.17) is 0 Å². The highest BCUT2D eigenvalue weighted by atomic mass is 15.0. The molecule has 3 atom stereocenters. The lowest BCUT2D eigenvalue weighted by molar-refractivity contribution is 0.116. The third-order valence-corrected chi connectivity index (χ3v) is 3.21. The van der Waals surface area contributed by atoms with Crippen LogP contribution in [0.2, 0.25) is 0 Å². The molecule has 2 fully saturated rings. The van der Waals surface area contributed by atoms with Gasteiger partial charge in [0.1, 0.15) is 0 Å². The Morgan fingerprint density at radius 3 is 2.54 bits per heavy atom. The zero-order chi connectivity index (χ0) is 9.84. The zero-order valence-electron chi connectivity index (χ0n) is 9.30. The minimum atomic E-state index is 0.762. The van der Waals surface area contributed by atoms with E-state index in [-0.39, 0.29) is 0 Å². The van der Waals surface area contributed by atoms with Crippen LogP contribution in [-0.4, -0.2) is 18.9 Å². The molecule has 2 aliphatic rings. The van der Waals surface area contributed by atoms with E-state index in [9.17, 15) is 0 Å². The Morgan fingerprint density at radius 1 is 1.38 bits per heavy atom. The van der Waals surface area contributed by atoms with Crippen molar-refractivity contribution in [2.45, 2.75) is 46.1 Å². The second kappa shape index (κ2) is 4.64. The monoisotopic (exact) mass is 182 g/mol. The smallest absolute Gasteiger partial charge is 0.0961 e. The third-order valence-electron chi connectivity index (χ3n) is 3.21. The van der Waals surface area contributed by atoms with Crippen LogP contribution in [0, 0.1) is 11.8 Å². The van der Waals surface area contributed by atoms with Gasteiger partial charge in [0.25, 0.3) is 0 Å². The summed E-state index contributed by atoms with van der Waals surface area (Å²) in [5, 5.41) is 3.48. The molecular weight excluding hydrogens is 160 g/mol. The van der Waals surface area contributed by atoms with Gasteiger partial charge in [-0.15, -0.1) is 0 Å². The molecule has 1 saturated heterocycles. The van der Waals surface area contributed by atoms with Crippen LogP contribution in [0.1, 0.15) is 40.0 Å². The number of amidine groups is 1. The third kappa shape index (κ3) is 2.04. The molecule has 1 heterocycles. The lowest BCUT2D eigenvalue weighted by Gasteiger charge is -2.47. The molecule has 13 heavy (non-hydrogen) atoms. The number of hydrogen-bond donors (Lipinski definition) is 1. The van der Waals surface area contributed by atoms with Crippen molar-refractivity contribution in [3.63, 3.8) is 0 Å². The number of hydrogen-bond acceptors (Lipinski definition) is 1. The van der Waals surface area contributed by atoms with Crippen molar-refractivity contribution in [1.29, 1.82) is 0 Å². The molecule has 1 aliphatic carbocycles. The first-order chi connectivity index (χ1) is 6.31. The molecule has 0 radical (unpaired) electrons. The molecule has 0 aromatic rings. The van der Waals surface area contributed by atoms with E-state index in [1.807, 2.05) is 20.9 Å². The van der Waals surface area contributed by atoms with Gasteiger partial charge in [-0.05, 0) is 24.7 Å². The largest absolute Gasteiger partial charge is 0.371 e. The van der Waals surface area contributed by atoms with Gasteiger partial charge in [-0.1, -0.05) is 20.8 Å². The van der Waals surface area contributed by atoms with Crippen LogP contribution in [-0.2, 0) is 0 Å². The Morgan fingerprint density at radius 2 is 2.08 bits per heavy atom. The maximum Gasteiger partial charge on any atom is 0.0961 e. The van der Waals surface area contributed by atoms with Gasteiger partial charge in [-0.25, -0.2) is 0 Å². The summed E-state index contributed by atoms with van der Waals surface area (Å²) in [7, 11) is 1.88. The fourth-order valence-electron chi connectivity index (χ4n) is 2.37. The number of nitrogens with zero attached hydrogens (tertiary/aromatic N) is 1. The molecule has 0 bridgehead atoms. The van der Waals surface area contributed by atoms with Crippen LogP contribution in [0.3, 0.4) is 0 Å². The topological polar surface area (TPSA) is 24.4 Å².